The van der Waals surface area contributed by atoms with E-state index >= 15 is 0 Å². The first-order valence-corrected chi connectivity index (χ1v) is 9.01. The summed E-state index contributed by atoms with van der Waals surface area (Å²) in [6, 6.07) is 8.33. The summed E-state index contributed by atoms with van der Waals surface area (Å²) in [4.78, 5) is 6.82. The second-order valence-corrected chi connectivity index (χ2v) is 7.70. The van der Waals surface area contributed by atoms with Crippen molar-refractivity contribution in [3.05, 3.63) is 52.1 Å². The SMILES string of the molecule is Cc1cc(C)cc(Oc2cc3c(C(C)C)c[se]c3cn2)c1. The van der Waals surface area contributed by atoms with Gasteiger partial charge in [0.15, 0.2) is 0 Å². The van der Waals surface area contributed by atoms with E-state index in [4.69, 9.17) is 4.74 Å². The minimum absolute atomic E-state index is 0.417. The standard InChI is InChI=1S/C18H19NOSe/c1-11(2)16-10-21-17-9-19-18(8-15(16)17)20-14-6-12(3)5-13(4)7-14/h5-11H,1-4H3. The summed E-state index contributed by atoms with van der Waals surface area (Å²) in [5.41, 5.74) is 3.84. The third kappa shape index (κ3) is 3.04. The average molecular weight is 344 g/mol. The first kappa shape index (κ1) is 14.4. The number of hydrogen-bond donors (Lipinski definition) is 0. The molecule has 0 saturated heterocycles. The number of aromatic nitrogens is 1. The molecule has 3 heteroatoms. The summed E-state index contributed by atoms with van der Waals surface area (Å²) in [7, 11) is 0. The van der Waals surface area contributed by atoms with Crippen LogP contribution in [0.25, 0.3) is 9.65 Å². The molecule has 2 heterocycles. The molecule has 0 saturated carbocycles. The maximum atomic E-state index is 5.96. The van der Waals surface area contributed by atoms with Crippen molar-refractivity contribution < 1.29 is 4.74 Å². The Kier molecular flexibility index (Phi) is 3.88. The molecule has 108 valence electrons. The second kappa shape index (κ2) is 5.67. The van der Waals surface area contributed by atoms with Crippen LogP contribution in [0, 0.1) is 13.8 Å². The number of ether oxygens (including phenoxy) is 1. The number of benzene rings is 1. The molecule has 0 spiro atoms. The van der Waals surface area contributed by atoms with Crippen LogP contribution in [0.3, 0.4) is 0 Å². The van der Waals surface area contributed by atoms with Crippen molar-refractivity contribution in [1.82, 2.24) is 4.98 Å². The van der Waals surface area contributed by atoms with Gasteiger partial charge in [-0.2, -0.15) is 0 Å². The van der Waals surface area contributed by atoms with Crippen LogP contribution in [0.15, 0.2) is 35.4 Å². The third-order valence-corrected chi connectivity index (χ3v) is 5.50. The molecule has 0 unspecified atom stereocenters. The first-order chi connectivity index (χ1) is 10.0. The van der Waals surface area contributed by atoms with E-state index in [1.807, 2.05) is 18.3 Å². The average Bonchev–Trinajstić information content (AvgIpc) is 2.80. The fraction of sp³-hybridized carbons (Fsp3) is 0.278. The normalized spacial score (nSPS) is 11.3. The molecule has 2 nitrogen and oxygen atoms in total. The number of hydrogen-bond acceptors (Lipinski definition) is 2. The monoisotopic (exact) mass is 345 g/mol. The van der Waals surface area contributed by atoms with Crippen LogP contribution in [-0.4, -0.2) is 19.5 Å². The van der Waals surface area contributed by atoms with Crippen LogP contribution in [0.4, 0.5) is 0 Å². The van der Waals surface area contributed by atoms with Gasteiger partial charge in [0.1, 0.15) is 0 Å². The predicted molar refractivity (Wildman–Crippen MR) is 88.8 cm³/mol. The molecule has 0 aliphatic heterocycles. The number of pyridine rings is 1. The molecule has 3 rings (SSSR count). The Labute approximate surface area is 131 Å². The van der Waals surface area contributed by atoms with E-state index in [2.05, 4.69) is 49.8 Å². The van der Waals surface area contributed by atoms with Crippen LogP contribution in [-0.2, 0) is 0 Å². The van der Waals surface area contributed by atoms with Gasteiger partial charge in [-0.25, -0.2) is 0 Å². The fourth-order valence-electron chi connectivity index (χ4n) is 2.55. The Balaban J connectivity index is 1.98. The zero-order chi connectivity index (χ0) is 15.0. The van der Waals surface area contributed by atoms with E-state index in [-0.39, 0.29) is 0 Å². The molecule has 0 N–H and O–H groups in total. The van der Waals surface area contributed by atoms with Gasteiger partial charge >= 0.3 is 131 Å². The van der Waals surface area contributed by atoms with E-state index in [0.717, 1.165) is 5.75 Å². The van der Waals surface area contributed by atoms with Gasteiger partial charge in [0, 0.05) is 0 Å². The van der Waals surface area contributed by atoms with Gasteiger partial charge in [-0.15, -0.1) is 0 Å². The molecule has 3 aromatic rings. The fourth-order valence-corrected chi connectivity index (χ4v) is 4.79. The van der Waals surface area contributed by atoms with E-state index in [1.54, 1.807) is 0 Å². The Morgan fingerprint density at radius 3 is 2.43 bits per heavy atom. The Morgan fingerprint density at radius 1 is 1.05 bits per heavy atom. The third-order valence-electron chi connectivity index (χ3n) is 3.51. The van der Waals surface area contributed by atoms with E-state index in [0.29, 0.717) is 26.3 Å². The molecule has 0 aliphatic rings. The Morgan fingerprint density at radius 2 is 1.76 bits per heavy atom. The van der Waals surface area contributed by atoms with Crippen molar-refractivity contribution in [3.63, 3.8) is 0 Å². The van der Waals surface area contributed by atoms with Crippen LogP contribution in [0.2, 0.25) is 0 Å². The summed E-state index contributed by atoms with van der Waals surface area (Å²) < 4.78 is 7.32. The van der Waals surface area contributed by atoms with Gasteiger partial charge in [0.25, 0.3) is 0 Å². The van der Waals surface area contributed by atoms with E-state index in [9.17, 15) is 0 Å². The Bertz CT molecular complexity index is 769. The van der Waals surface area contributed by atoms with Gasteiger partial charge in [-0.1, -0.05) is 0 Å². The number of rotatable bonds is 3. The summed E-state index contributed by atoms with van der Waals surface area (Å²) >= 11 is 0.417. The second-order valence-electron chi connectivity index (χ2n) is 5.79. The molecule has 0 amide bonds. The summed E-state index contributed by atoms with van der Waals surface area (Å²) in [6.07, 6.45) is 1.97. The summed E-state index contributed by atoms with van der Waals surface area (Å²) in [6.45, 7) is 8.64. The molecule has 0 radical (unpaired) electrons. The predicted octanol–water partition coefficient (Wildman–Crippen LogP) is 4.82. The summed E-state index contributed by atoms with van der Waals surface area (Å²) in [5, 5.41) is 1.32. The van der Waals surface area contributed by atoms with Crippen LogP contribution < -0.4 is 4.74 Å². The van der Waals surface area contributed by atoms with Gasteiger partial charge in [-0.05, 0) is 0 Å². The molecule has 0 bridgehead atoms. The van der Waals surface area contributed by atoms with Gasteiger partial charge < -0.3 is 0 Å². The quantitative estimate of drug-likeness (QED) is 0.635. The van der Waals surface area contributed by atoms with Crippen LogP contribution in [0.5, 0.6) is 11.6 Å². The molecule has 21 heavy (non-hydrogen) atoms. The first-order valence-electron chi connectivity index (χ1n) is 7.16. The maximum absolute atomic E-state index is 5.96. The molecular formula is C18H19NOSe. The molecule has 0 atom stereocenters. The zero-order valence-corrected chi connectivity index (χ0v) is 14.5. The summed E-state index contributed by atoms with van der Waals surface area (Å²) in [5.74, 6) is 2.09. The molecule has 2 aromatic heterocycles. The molecule has 0 aliphatic carbocycles. The number of fused-ring (bicyclic) bond motifs is 1. The van der Waals surface area contributed by atoms with Crippen molar-refractivity contribution >= 4 is 24.1 Å². The topological polar surface area (TPSA) is 22.1 Å². The molecular weight excluding hydrogens is 325 g/mol. The van der Waals surface area contributed by atoms with Gasteiger partial charge in [0.2, 0.25) is 0 Å². The van der Waals surface area contributed by atoms with E-state index < -0.39 is 0 Å². The van der Waals surface area contributed by atoms with Crippen molar-refractivity contribution in [2.24, 2.45) is 0 Å². The van der Waals surface area contributed by atoms with Crippen molar-refractivity contribution in [3.8, 4) is 11.6 Å². The Hall–Kier alpha value is -1.57. The van der Waals surface area contributed by atoms with Crippen molar-refractivity contribution in [2.45, 2.75) is 33.6 Å². The molecule has 1 aromatic carbocycles. The van der Waals surface area contributed by atoms with Crippen molar-refractivity contribution in [2.75, 3.05) is 0 Å². The van der Waals surface area contributed by atoms with Crippen LogP contribution in [0.1, 0.15) is 36.5 Å². The minimum atomic E-state index is 0.417. The molecule has 0 fully saturated rings. The number of aryl methyl sites for hydroxylation is 2. The van der Waals surface area contributed by atoms with E-state index in [1.165, 1.54) is 26.3 Å². The van der Waals surface area contributed by atoms with Crippen LogP contribution >= 0.6 is 0 Å². The number of nitrogens with zero attached hydrogens (tertiary/aromatic N) is 1. The van der Waals surface area contributed by atoms with Gasteiger partial charge in [0.05, 0.1) is 0 Å². The van der Waals surface area contributed by atoms with Crippen molar-refractivity contribution in [1.29, 1.82) is 0 Å². The zero-order valence-electron chi connectivity index (χ0n) is 12.8. The van der Waals surface area contributed by atoms with Gasteiger partial charge in [-0.3, -0.25) is 0 Å².